The second kappa shape index (κ2) is 5.62. The molecule has 19 heavy (non-hydrogen) atoms. The molecule has 2 rings (SSSR count). The highest BCUT2D eigenvalue weighted by atomic mass is 32.1. The van der Waals surface area contributed by atoms with Gasteiger partial charge in [0.25, 0.3) is 0 Å². The van der Waals surface area contributed by atoms with Crippen LogP contribution in [0.15, 0.2) is 29.6 Å². The molecule has 5 nitrogen and oxygen atoms in total. The third kappa shape index (κ3) is 3.38. The molecular weight excluding hydrogens is 262 g/mol. The number of rotatable bonds is 3. The summed E-state index contributed by atoms with van der Waals surface area (Å²) in [4.78, 5) is 26.5. The van der Waals surface area contributed by atoms with Gasteiger partial charge in [-0.2, -0.15) is 0 Å². The van der Waals surface area contributed by atoms with Crippen LogP contribution in [0.2, 0.25) is 0 Å². The number of para-hydroxylation sites is 1. The molecule has 0 radical (unpaired) electrons. The van der Waals surface area contributed by atoms with Crippen molar-refractivity contribution in [2.45, 2.75) is 13.8 Å². The van der Waals surface area contributed by atoms with E-state index in [2.05, 4.69) is 15.6 Å². The lowest BCUT2D eigenvalue weighted by molar-refractivity contribution is -0.115. The largest absolute Gasteiger partial charge is 0.326 e. The van der Waals surface area contributed by atoms with Crippen molar-refractivity contribution in [3.63, 3.8) is 0 Å². The van der Waals surface area contributed by atoms with E-state index < -0.39 is 0 Å². The Balaban J connectivity index is 2.33. The summed E-state index contributed by atoms with van der Waals surface area (Å²) in [5.41, 5.74) is 2.25. The van der Waals surface area contributed by atoms with E-state index in [9.17, 15) is 9.59 Å². The number of hydrogen-bond acceptors (Lipinski definition) is 4. The van der Waals surface area contributed by atoms with Crippen molar-refractivity contribution in [1.29, 1.82) is 0 Å². The molecular formula is C13H13N3O2S. The molecule has 0 saturated carbocycles. The van der Waals surface area contributed by atoms with Gasteiger partial charge < -0.3 is 10.6 Å². The number of thiazole rings is 1. The SMILES string of the molecule is CC(=O)Nc1nc(-c2ccccc2NC(C)=O)cs1. The van der Waals surface area contributed by atoms with Gasteiger partial charge >= 0.3 is 0 Å². The zero-order valence-corrected chi connectivity index (χ0v) is 11.4. The van der Waals surface area contributed by atoms with Crippen LogP contribution >= 0.6 is 11.3 Å². The fourth-order valence-electron chi connectivity index (χ4n) is 1.61. The van der Waals surface area contributed by atoms with E-state index >= 15 is 0 Å². The van der Waals surface area contributed by atoms with Gasteiger partial charge in [-0.1, -0.05) is 18.2 Å². The molecule has 2 N–H and O–H groups in total. The molecule has 2 aromatic rings. The Hall–Kier alpha value is -2.21. The highest BCUT2D eigenvalue weighted by Crippen LogP contribution is 2.30. The molecule has 1 heterocycles. The minimum atomic E-state index is -0.156. The number of amides is 2. The normalized spacial score (nSPS) is 10.0. The van der Waals surface area contributed by atoms with E-state index in [1.54, 1.807) is 0 Å². The first-order chi connectivity index (χ1) is 9.06. The van der Waals surface area contributed by atoms with Gasteiger partial charge in [0, 0.05) is 24.8 Å². The van der Waals surface area contributed by atoms with Gasteiger partial charge in [-0.05, 0) is 6.07 Å². The van der Waals surface area contributed by atoms with Gasteiger partial charge in [0.05, 0.1) is 11.4 Å². The maximum atomic E-state index is 11.2. The highest BCUT2D eigenvalue weighted by Gasteiger charge is 2.10. The number of benzene rings is 1. The first-order valence-electron chi connectivity index (χ1n) is 5.66. The summed E-state index contributed by atoms with van der Waals surface area (Å²) < 4.78 is 0. The van der Waals surface area contributed by atoms with Crippen molar-refractivity contribution >= 4 is 34.0 Å². The van der Waals surface area contributed by atoms with Crippen molar-refractivity contribution in [2.75, 3.05) is 10.6 Å². The Bertz CT molecular complexity index is 622. The smallest absolute Gasteiger partial charge is 0.223 e. The lowest BCUT2D eigenvalue weighted by Crippen LogP contribution is -2.07. The summed E-state index contributed by atoms with van der Waals surface area (Å²) in [6.45, 7) is 2.90. The van der Waals surface area contributed by atoms with Gasteiger partial charge in [-0.25, -0.2) is 4.98 Å². The minimum Gasteiger partial charge on any atom is -0.326 e. The Labute approximate surface area is 114 Å². The summed E-state index contributed by atoms with van der Waals surface area (Å²) in [5.74, 6) is -0.291. The van der Waals surface area contributed by atoms with E-state index in [-0.39, 0.29) is 11.8 Å². The summed E-state index contributed by atoms with van der Waals surface area (Å²) in [6.07, 6.45) is 0. The molecule has 0 fully saturated rings. The van der Waals surface area contributed by atoms with Crippen molar-refractivity contribution in [1.82, 2.24) is 4.98 Å². The number of carbonyl (C=O) groups excluding carboxylic acids is 2. The van der Waals surface area contributed by atoms with Crippen LogP contribution in [0.5, 0.6) is 0 Å². The Morgan fingerprint density at radius 3 is 2.47 bits per heavy atom. The number of aromatic nitrogens is 1. The standard InChI is InChI=1S/C13H13N3O2S/c1-8(17)14-11-6-4-3-5-10(11)12-7-19-13(16-12)15-9(2)18/h3-7H,1-2H3,(H,14,17)(H,15,16,18). The van der Waals surface area contributed by atoms with Crippen LogP contribution in [-0.4, -0.2) is 16.8 Å². The fourth-order valence-corrected chi connectivity index (χ4v) is 2.37. The molecule has 0 aliphatic heterocycles. The highest BCUT2D eigenvalue weighted by molar-refractivity contribution is 7.14. The zero-order valence-electron chi connectivity index (χ0n) is 10.6. The molecule has 0 saturated heterocycles. The Kier molecular flexibility index (Phi) is 3.91. The van der Waals surface area contributed by atoms with E-state index in [1.165, 1.54) is 25.2 Å². The van der Waals surface area contributed by atoms with Crippen LogP contribution < -0.4 is 10.6 Å². The van der Waals surface area contributed by atoms with Crippen LogP contribution in [0.1, 0.15) is 13.8 Å². The predicted molar refractivity (Wildman–Crippen MR) is 76.2 cm³/mol. The Morgan fingerprint density at radius 1 is 1.11 bits per heavy atom. The maximum absolute atomic E-state index is 11.2. The van der Waals surface area contributed by atoms with Gasteiger partial charge in [-0.3, -0.25) is 9.59 Å². The summed E-state index contributed by atoms with van der Waals surface area (Å²) >= 11 is 1.34. The topological polar surface area (TPSA) is 71.1 Å². The minimum absolute atomic E-state index is 0.134. The van der Waals surface area contributed by atoms with E-state index in [4.69, 9.17) is 0 Å². The number of anilines is 2. The average molecular weight is 275 g/mol. The summed E-state index contributed by atoms with van der Waals surface area (Å²) in [6, 6.07) is 7.40. The Morgan fingerprint density at radius 2 is 1.79 bits per heavy atom. The molecule has 1 aromatic carbocycles. The predicted octanol–water partition coefficient (Wildman–Crippen LogP) is 2.73. The first-order valence-corrected chi connectivity index (χ1v) is 6.54. The lowest BCUT2D eigenvalue weighted by atomic mass is 10.1. The van der Waals surface area contributed by atoms with E-state index in [0.717, 1.165) is 11.3 Å². The molecule has 0 spiro atoms. The van der Waals surface area contributed by atoms with Gasteiger partial charge in [0.1, 0.15) is 0 Å². The van der Waals surface area contributed by atoms with Crippen molar-refractivity contribution in [3.05, 3.63) is 29.6 Å². The van der Waals surface area contributed by atoms with Crippen LogP contribution in [0.3, 0.4) is 0 Å². The molecule has 0 unspecified atom stereocenters. The molecule has 0 bridgehead atoms. The molecule has 2 amide bonds. The number of carbonyl (C=O) groups is 2. The van der Waals surface area contributed by atoms with Crippen LogP contribution in [0.4, 0.5) is 10.8 Å². The quantitative estimate of drug-likeness (QED) is 0.904. The number of nitrogens with one attached hydrogen (secondary N) is 2. The molecule has 98 valence electrons. The average Bonchev–Trinajstić information content (AvgIpc) is 2.76. The van der Waals surface area contributed by atoms with Gasteiger partial charge in [0.2, 0.25) is 11.8 Å². The van der Waals surface area contributed by atoms with Crippen molar-refractivity contribution < 1.29 is 9.59 Å². The number of nitrogens with zero attached hydrogens (tertiary/aromatic N) is 1. The third-order valence-corrected chi connectivity index (χ3v) is 3.06. The van der Waals surface area contributed by atoms with Crippen LogP contribution in [0, 0.1) is 0 Å². The molecule has 0 aliphatic rings. The molecule has 6 heteroatoms. The van der Waals surface area contributed by atoms with Crippen LogP contribution in [0.25, 0.3) is 11.3 Å². The third-order valence-electron chi connectivity index (χ3n) is 2.30. The molecule has 0 atom stereocenters. The lowest BCUT2D eigenvalue weighted by Gasteiger charge is -2.07. The summed E-state index contributed by atoms with van der Waals surface area (Å²) in [7, 11) is 0. The molecule has 0 aliphatic carbocycles. The van der Waals surface area contributed by atoms with E-state index in [0.29, 0.717) is 10.8 Å². The number of hydrogen-bond donors (Lipinski definition) is 2. The molecule has 1 aromatic heterocycles. The van der Waals surface area contributed by atoms with E-state index in [1.807, 2.05) is 29.6 Å². The van der Waals surface area contributed by atoms with Gasteiger partial charge in [0.15, 0.2) is 5.13 Å². The van der Waals surface area contributed by atoms with Gasteiger partial charge in [-0.15, -0.1) is 11.3 Å². The summed E-state index contributed by atoms with van der Waals surface area (Å²) in [5, 5.41) is 7.78. The maximum Gasteiger partial charge on any atom is 0.223 e. The second-order valence-corrected chi connectivity index (χ2v) is 4.80. The van der Waals surface area contributed by atoms with Crippen molar-refractivity contribution in [3.8, 4) is 11.3 Å². The fraction of sp³-hybridized carbons (Fsp3) is 0.154. The zero-order chi connectivity index (χ0) is 13.8. The van der Waals surface area contributed by atoms with Crippen molar-refractivity contribution in [2.24, 2.45) is 0 Å². The monoisotopic (exact) mass is 275 g/mol. The first kappa shape index (κ1) is 13.2. The second-order valence-electron chi connectivity index (χ2n) is 3.95. The van der Waals surface area contributed by atoms with Crippen LogP contribution in [-0.2, 0) is 9.59 Å².